The number of anilines is 1. The summed E-state index contributed by atoms with van der Waals surface area (Å²) in [6.07, 6.45) is 1.42. The summed E-state index contributed by atoms with van der Waals surface area (Å²) in [5, 5.41) is 3.89. The van der Waals surface area contributed by atoms with E-state index in [2.05, 4.69) is 5.10 Å². The molecule has 0 saturated heterocycles. The van der Waals surface area contributed by atoms with Gasteiger partial charge in [0.15, 0.2) is 11.6 Å². The van der Waals surface area contributed by atoms with Crippen LogP contribution in [0.2, 0.25) is 0 Å². The molecule has 1 aromatic heterocycles. The van der Waals surface area contributed by atoms with Crippen LogP contribution in [0.4, 0.5) is 14.6 Å². The van der Waals surface area contributed by atoms with Gasteiger partial charge in [-0.15, -0.1) is 0 Å². The zero-order valence-corrected chi connectivity index (χ0v) is 8.96. The van der Waals surface area contributed by atoms with E-state index in [0.717, 1.165) is 0 Å². The first kappa shape index (κ1) is 10.6. The predicted octanol–water partition coefficient (Wildman–Crippen LogP) is 2.26. The Morgan fingerprint density at radius 3 is 2.44 bits per heavy atom. The van der Waals surface area contributed by atoms with Gasteiger partial charge in [0, 0.05) is 18.2 Å². The van der Waals surface area contributed by atoms with Crippen molar-refractivity contribution in [1.82, 2.24) is 9.78 Å². The van der Waals surface area contributed by atoms with Gasteiger partial charge in [-0.3, -0.25) is 4.68 Å². The van der Waals surface area contributed by atoms with Crippen molar-refractivity contribution < 1.29 is 8.78 Å². The lowest BCUT2D eigenvalue weighted by Crippen LogP contribution is -1.99. The van der Waals surface area contributed by atoms with Gasteiger partial charge < -0.3 is 5.73 Å². The lowest BCUT2D eigenvalue weighted by molar-refractivity contribution is 0.505. The molecular weight excluding hydrogens is 212 g/mol. The summed E-state index contributed by atoms with van der Waals surface area (Å²) in [4.78, 5) is 0. The molecule has 2 aromatic rings. The third-order valence-electron chi connectivity index (χ3n) is 2.55. The molecule has 1 aromatic carbocycles. The second-order valence-corrected chi connectivity index (χ2v) is 3.63. The second kappa shape index (κ2) is 3.59. The van der Waals surface area contributed by atoms with E-state index in [9.17, 15) is 8.78 Å². The Balaban J connectivity index is 2.66. The average Bonchev–Trinajstić information content (AvgIpc) is 2.58. The Labute approximate surface area is 91.5 Å². The highest BCUT2D eigenvalue weighted by Gasteiger charge is 2.16. The van der Waals surface area contributed by atoms with Crippen LogP contribution < -0.4 is 5.73 Å². The van der Waals surface area contributed by atoms with Gasteiger partial charge in [-0.05, 0) is 12.5 Å². The highest BCUT2D eigenvalue weighted by Crippen LogP contribution is 2.29. The van der Waals surface area contributed by atoms with E-state index in [1.54, 1.807) is 7.05 Å². The number of rotatable bonds is 1. The topological polar surface area (TPSA) is 43.8 Å². The largest absolute Gasteiger partial charge is 0.383 e. The number of nitrogens with zero attached hydrogens (tertiary/aromatic N) is 2. The van der Waals surface area contributed by atoms with Crippen LogP contribution in [-0.4, -0.2) is 9.78 Å². The van der Waals surface area contributed by atoms with Crippen molar-refractivity contribution in [3.05, 3.63) is 35.5 Å². The van der Waals surface area contributed by atoms with Crippen molar-refractivity contribution in [2.75, 3.05) is 5.73 Å². The molecule has 0 aliphatic carbocycles. The number of nitrogens with two attached hydrogens (primary N) is 1. The van der Waals surface area contributed by atoms with E-state index in [0.29, 0.717) is 11.4 Å². The molecule has 0 spiro atoms. The zero-order valence-electron chi connectivity index (χ0n) is 8.96. The highest BCUT2D eigenvalue weighted by molar-refractivity contribution is 5.74. The minimum atomic E-state index is -0.889. The number of hydrogen-bond donors (Lipinski definition) is 1. The molecule has 0 bridgehead atoms. The third-order valence-corrected chi connectivity index (χ3v) is 2.55. The standard InChI is InChI=1S/C11H11F2N3/c1-6-3-4-7(10(13)9(6)12)8-5-15-16(2)11(8)14/h3-5H,14H2,1-2H3. The molecular formula is C11H11F2N3. The van der Waals surface area contributed by atoms with Gasteiger partial charge in [-0.1, -0.05) is 12.1 Å². The van der Waals surface area contributed by atoms with Crippen LogP contribution in [0.5, 0.6) is 0 Å². The van der Waals surface area contributed by atoms with E-state index in [1.165, 1.54) is 29.9 Å². The van der Waals surface area contributed by atoms with Crippen LogP contribution in [0.1, 0.15) is 5.56 Å². The summed E-state index contributed by atoms with van der Waals surface area (Å²) in [6, 6.07) is 3.02. The molecule has 16 heavy (non-hydrogen) atoms. The predicted molar refractivity (Wildman–Crippen MR) is 57.7 cm³/mol. The fourth-order valence-electron chi connectivity index (χ4n) is 1.51. The lowest BCUT2D eigenvalue weighted by atomic mass is 10.1. The van der Waals surface area contributed by atoms with E-state index in [1.807, 2.05) is 0 Å². The van der Waals surface area contributed by atoms with Gasteiger partial charge in [0.05, 0.1) is 6.20 Å². The molecule has 0 fully saturated rings. The molecule has 2 N–H and O–H groups in total. The molecule has 0 unspecified atom stereocenters. The Bertz CT molecular complexity index is 546. The summed E-state index contributed by atoms with van der Waals surface area (Å²) < 4.78 is 28.5. The van der Waals surface area contributed by atoms with Crippen molar-refractivity contribution in [1.29, 1.82) is 0 Å². The van der Waals surface area contributed by atoms with Crippen LogP contribution in [0.25, 0.3) is 11.1 Å². The molecule has 0 aliphatic rings. The summed E-state index contributed by atoms with van der Waals surface area (Å²) >= 11 is 0. The molecule has 5 heteroatoms. The molecule has 3 nitrogen and oxygen atoms in total. The van der Waals surface area contributed by atoms with Crippen molar-refractivity contribution in [2.45, 2.75) is 6.92 Å². The van der Waals surface area contributed by atoms with Gasteiger partial charge in [0.1, 0.15) is 5.82 Å². The number of hydrogen-bond acceptors (Lipinski definition) is 2. The van der Waals surface area contributed by atoms with Gasteiger partial charge in [-0.25, -0.2) is 8.78 Å². The third kappa shape index (κ3) is 1.44. The molecule has 84 valence electrons. The van der Waals surface area contributed by atoms with Gasteiger partial charge in [-0.2, -0.15) is 5.10 Å². The minimum Gasteiger partial charge on any atom is -0.383 e. The molecule has 0 atom stereocenters. The number of halogens is 2. The van der Waals surface area contributed by atoms with Gasteiger partial charge in [0.25, 0.3) is 0 Å². The van der Waals surface area contributed by atoms with Crippen LogP contribution in [0.15, 0.2) is 18.3 Å². The fourth-order valence-corrected chi connectivity index (χ4v) is 1.51. The molecule has 0 amide bonds. The SMILES string of the molecule is Cc1ccc(-c2cnn(C)c2N)c(F)c1F. The molecule has 0 radical (unpaired) electrons. The number of benzene rings is 1. The smallest absolute Gasteiger partial charge is 0.167 e. The van der Waals surface area contributed by atoms with E-state index >= 15 is 0 Å². The normalized spacial score (nSPS) is 10.8. The van der Waals surface area contributed by atoms with Crippen LogP contribution in [0, 0.1) is 18.6 Å². The Hall–Kier alpha value is -1.91. The summed E-state index contributed by atoms with van der Waals surface area (Å²) in [6.45, 7) is 1.51. The van der Waals surface area contributed by atoms with Crippen molar-refractivity contribution in [3.8, 4) is 11.1 Å². The van der Waals surface area contributed by atoms with E-state index in [-0.39, 0.29) is 11.1 Å². The maximum absolute atomic E-state index is 13.7. The second-order valence-electron chi connectivity index (χ2n) is 3.63. The summed E-state index contributed by atoms with van der Waals surface area (Å²) in [5.41, 5.74) is 6.51. The molecule has 0 aliphatic heterocycles. The Morgan fingerprint density at radius 2 is 1.88 bits per heavy atom. The first-order valence-electron chi connectivity index (χ1n) is 4.75. The molecule has 2 rings (SSSR count). The van der Waals surface area contributed by atoms with Crippen LogP contribution >= 0.6 is 0 Å². The summed E-state index contributed by atoms with van der Waals surface area (Å²) in [7, 11) is 1.64. The fraction of sp³-hybridized carbons (Fsp3) is 0.182. The lowest BCUT2D eigenvalue weighted by Gasteiger charge is -2.05. The number of aromatic nitrogens is 2. The summed E-state index contributed by atoms with van der Waals surface area (Å²) in [5.74, 6) is -1.43. The maximum Gasteiger partial charge on any atom is 0.167 e. The first-order chi connectivity index (χ1) is 7.52. The maximum atomic E-state index is 13.7. The zero-order chi connectivity index (χ0) is 11.9. The monoisotopic (exact) mass is 223 g/mol. The van der Waals surface area contributed by atoms with Gasteiger partial charge in [0.2, 0.25) is 0 Å². The Kier molecular flexibility index (Phi) is 2.38. The highest BCUT2D eigenvalue weighted by atomic mass is 19.2. The minimum absolute atomic E-state index is 0.133. The van der Waals surface area contributed by atoms with E-state index in [4.69, 9.17) is 5.73 Å². The number of nitrogen functional groups attached to an aromatic ring is 1. The first-order valence-corrected chi connectivity index (χ1v) is 4.75. The van der Waals surface area contributed by atoms with Crippen LogP contribution in [0.3, 0.4) is 0 Å². The average molecular weight is 223 g/mol. The Morgan fingerprint density at radius 1 is 1.19 bits per heavy atom. The van der Waals surface area contributed by atoms with Crippen molar-refractivity contribution >= 4 is 5.82 Å². The number of aryl methyl sites for hydroxylation is 2. The van der Waals surface area contributed by atoms with Gasteiger partial charge >= 0.3 is 0 Å². The quantitative estimate of drug-likeness (QED) is 0.805. The van der Waals surface area contributed by atoms with Crippen molar-refractivity contribution in [3.63, 3.8) is 0 Å². The van der Waals surface area contributed by atoms with Crippen molar-refractivity contribution in [2.24, 2.45) is 7.05 Å². The van der Waals surface area contributed by atoms with E-state index < -0.39 is 11.6 Å². The van der Waals surface area contributed by atoms with Crippen LogP contribution in [-0.2, 0) is 7.05 Å². The molecule has 0 saturated carbocycles. The molecule has 1 heterocycles.